The van der Waals surface area contributed by atoms with Crippen LogP contribution in [0, 0.1) is 18.3 Å². The highest BCUT2D eigenvalue weighted by Crippen LogP contribution is 2.31. The second-order valence-electron chi connectivity index (χ2n) is 32.0. The Morgan fingerprint density at radius 2 is 0.489 bits per heavy atom. The Morgan fingerprint density at radius 1 is 0.271 bits per heavy atom. The number of ether oxygens (including phenoxy) is 13. The van der Waals surface area contributed by atoms with E-state index < -0.39 is 33.7 Å². The van der Waals surface area contributed by atoms with Crippen LogP contribution in [0.2, 0.25) is 0 Å². The molecule has 0 bridgehead atoms. The maximum atomic E-state index is 12.9. The number of carbonyl (C=O) groups is 4. The quantitative estimate of drug-likeness (QED) is 0.0148. The summed E-state index contributed by atoms with van der Waals surface area (Å²) in [7, 11) is 1.58. The van der Waals surface area contributed by atoms with Gasteiger partial charge in [-0.15, -0.1) is 0 Å². The summed E-state index contributed by atoms with van der Waals surface area (Å²) in [5, 5.41) is 17.4. The molecule has 0 radical (unpaired) electrons. The number of azo groups is 1. The van der Waals surface area contributed by atoms with Gasteiger partial charge < -0.3 is 61.6 Å². The molecule has 0 unspecified atom stereocenters. The molecule has 0 aliphatic rings. The molecule has 0 aliphatic heterocycles. The molecule has 0 atom stereocenters. The van der Waals surface area contributed by atoms with Gasteiger partial charge in [0.15, 0.2) is 0 Å². The van der Waals surface area contributed by atoms with Gasteiger partial charge in [-0.25, -0.2) is 27.6 Å². The van der Waals surface area contributed by atoms with Crippen molar-refractivity contribution >= 4 is 45.1 Å². The lowest BCUT2D eigenvalue weighted by atomic mass is 10.0. The van der Waals surface area contributed by atoms with Gasteiger partial charge in [0.25, 0.3) is 0 Å². The second kappa shape index (κ2) is 64.2. The minimum absolute atomic E-state index is 0.234. The smallest absolute Gasteiger partial charge is 0.338 e. The number of nitriles is 1. The highest BCUT2D eigenvalue weighted by atomic mass is 32.2. The number of hydrogen-bond acceptors (Lipinski definition) is 22. The largest absolute Gasteiger partial charge is 0.494 e. The predicted molar refractivity (Wildman–Crippen MR) is 524 cm³/mol. The topological polar surface area (TPSA) is 271 Å². The van der Waals surface area contributed by atoms with Crippen molar-refractivity contribution < 1.29 is 89.2 Å². The fraction of sp³-hybridized carbons (Fsp3) is 0.409. The van der Waals surface area contributed by atoms with Crippen molar-refractivity contribution in [3.8, 4) is 74.7 Å². The lowest BCUT2D eigenvalue weighted by Crippen LogP contribution is -2.08. The lowest BCUT2D eigenvalue weighted by molar-refractivity contribution is 0.0580. The normalized spacial score (nSPS) is 10.8. The molecular weight excluding hydrogens is 1700 g/mol. The fourth-order valence-corrected chi connectivity index (χ4v) is 14.8. The van der Waals surface area contributed by atoms with Gasteiger partial charge >= 0.3 is 23.9 Å². The zero-order chi connectivity index (χ0) is 95.2. The Balaban J connectivity index is 0.000000243. The van der Waals surface area contributed by atoms with E-state index in [9.17, 15) is 27.6 Å². The maximum Gasteiger partial charge on any atom is 0.338 e. The summed E-state index contributed by atoms with van der Waals surface area (Å²) in [6.07, 6.45) is 31.7. The number of sulfone groups is 1. The van der Waals surface area contributed by atoms with E-state index in [4.69, 9.17) is 66.8 Å². The van der Waals surface area contributed by atoms with E-state index >= 15 is 0 Å². The van der Waals surface area contributed by atoms with E-state index in [2.05, 4.69) is 44.0 Å². The van der Waals surface area contributed by atoms with Crippen molar-refractivity contribution in [3.05, 3.63) is 264 Å². The van der Waals surface area contributed by atoms with Crippen LogP contribution in [-0.4, -0.2) is 114 Å². The number of benzene rings is 10. The first-order valence-corrected chi connectivity index (χ1v) is 48.6. The van der Waals surface area contributed by atoms with Gasteiger partial charge in [-0.05, 0) is 289 Å². The number of rotatable bonds is 57. The van der Waals surface area contributed by atoms with E-state index in [-0.39, 0.29) is 32.0 Å². The molecule has 0 aromatic heterocycles. The molecule has 0 aliphatic carbocycles. The van der Waals surface area contributed by atoms with Crippen LogP contribution in [0.1, 0.15) is 260 Å². The number of aryl methyl sites for hydroxylation is 1. The molecule has 0 amide bonds. The fourth-order valence-electron chi connectivity index (χ4n) is 13.5. The number of unbranched alkanes of at least 4 members (excludes halogenated alkanes) is 22. The van der Waals surface area contributed by atoms with Crippen molar-refractivity contribution in [2.75, 3.05) is 81.3 Å². The Hall–Kier alpha value is -12.7. The molecule has 10 aromatic rings. The molecule has 0 spiro atoms. The van der Waals surface area contributed by atoms with Crippen LogP contribution < -0.4 is 42.6 Å². The monoisotopic (exact) mass is 1840 g/mol. The first-order valence-electron chi connectivity index (χ1n) is 47.1. The molecule has 133 heavy (non-hydrogen) atoms. The summed E-state index contributed by atoms with van der Waals surface area (Å²) in [6.45, 7) is 16.0. The van der Waals surface area contributed by atoms with Gasteiger partial charge in [-0.1, -0.05) is 172 Å². The number of methoxy groups -OCH3 is 4. The third kappa shape index (κ3) is 42.6. The van der Waals surface area contributed by atoms with Crippen LogP contribution in [0.3, 0.4) is 0 Å². The van der Waals surface area contributed by atoms with Gasteiger partial charge in [0.1, 0.15) is 57.5 Å². The van der Waals surface area contributed by atoms with E-state index in [0.29, 0.717) is 68.2 Å². The zero-order valence-corrected chi connectivity index (χ0v) is 80.2. The van der Waals surface area contributed by atoms with Crippen molar-refractivity contribution in [1.82, 2.24) is 0 Å². The van der Waals surface area contributed by atoms with Gasteiger partial charge in [-0.3, -0.25) is 0 Å². The molecule has 23 heteroatoms. The Morgan fingerprint density at radius 3 is 0.744 bits per heavy atom. The maximum absolute atomic E-state index is 12.9. The zero-order valence-electron chi connectivity index (χ0n) is 79.4. The Labute approximate surface area is 789 Å². The van der Waals surface area contributed by atoms with Crippen LogP contribution in [-0.2, 0) is 28.8 Å². The molecule has 0 saturated carbocycles. The van der Waals surface area contributed by atoms with Crippen LogP contribution in [0.5, 0.6) is 57.5 Å². The minimum Gasteiger partial charge on any atom is -0.494 e. The molecule has 22 nitrogen and oxygen atoms in total. The second-order valence-corrected chi connectivity index (χ2v) is 33.9. The van der Waals surface area contributed by atoms with Gasteiger partial charge in [0.2, 0.25) is 9.84 Å². The number of nitrogens with zero attached hydrogens (tertiary/aromatic N) is 3. The summed E-state index contributed by atoms with van der Waals surface area (Å²) in [6, 6.07) is 71.1. The SMILES string of the molecule is CCCCCCCOc1ccc(Oc2ccc(OCCCCCCC)cc2)cc1.CCCCCCCOc1ccc(S(=O)(=O)c2ccc(OCCCCCCC)cc2)cc1.COC(=O)c1cc(OCCCCCCOc2ccc(-c3ccc(C#N)cc3)cc2)cc(C(=O)OC)c1.COC(=O)c1cc(OCCCCCCOc2ccc(N=Nc3ccc(C)cc3)cc2)cc(C(=O)OC)c1. The van der Waals surface area contributed by atoms with E-state index in [0.717, 1.165) is 147 Å². The molecule has 712 valence electrons. The third-order valence-corrected chi connectivity index (χ3v) is 23.0. The Bertz CT molecular complexity index is 4930. The molecule has 10 rings (SSSR count). The van der Waals surface area contributed by atoms with Crippen LogP contribution in [0.15, 0.2) is 251 Å². The highest BCUT2D eigenvalue weighted by molar-refractivity contribution is 7.91. The number of hydrogen-bond donors (Lipinski definition) is 0. The van der Waals surface area contributed by atoms with Crippen molar-refractivity contribution in [3.63, 3.8) is 0 Å². The first-order chi connectivity index (χ1) is 64.9. The van der Waals surface area contributed by atoms with Crippen LogP contribution >= 0.6 is 0 Å². The summed E-state index contributed by atoms with van der Waals surface area (Å²) in [5.74, 6) is 5.11. The van der Waals surface area contributed by atoms with Crippen molar-refractivity contribution in [2.45, 2.75) is 224 Å². The van der Waals surface area contributed by atoms with E-state index in [1.54, 1.807) is 72.8 Å². The first kappa shape index (κ1) is 107. The molecule has 0 saturated heterocycles. The summed E-state index contributed by atoms with van der Waals surface area (Å²) in [5.41, 5.74) is 6.48. The predicted octanol–water partition coefficient (Wildman–Crippen LogP) is 28.2. The third-order valence-electron chi connectivity index (χ3n) is 21.2. The Kier molecular flexibility index (Phi) is 51.8. The highest BCUT2D eigenvalue weighted by Gasteiger charge is 2.20. The van der Waals surface area contributed by atoms with Crippen LogP contribution in [0.4, 0.5) is 11.4 Å². The average Bonchev–Trinajstić information content (AvgIpc) is 0.793. The van der Waals surface area contributed by atoms with Crippen molar-refractivity contribution in [1.29, 1.82) is 5.26 Å². The van der Waals surface area contributed by atoms with Crippen molar-refractivity contribution in [2.24, 2.45) is 10.2 Å². The number of carbonyl (C=O) groups excluding carboxylic acids is 4. The summed E-state index contributed by atoms with van der Waals surface area (Å²) in [4.78, 5) is 48.0. The standard InChI is InChI=1S/C29H32N2O6.C29H29NO6.C26H38O4S.C26H38O3/c1-21-8-10-24(11-9-21)30-31-25-12-14-26(15-13-25)36-16-6-4-5-7-17-37-27-19-22(28(32)34-2)18-23(20-27)29(33)35-3;1-33-28(31)24-17-25(29(32)34-2)19-27(18-24)36-16-6-4-3-5-15-35-26-13-11-23(12-14-26)22-9-7-21(20-30)8-10-22;1-3-5-7-9-11-21-29-23-13-17-25(18-14-23)31(27,28)26-19-15-24(16-20-26)30-22-12-10-8-6-4-2;1-3-5-7-9-11-21-27-23-13-17-25(18-14-23)29-26-19-15-24(16-20-26)28-22-12-10-8-6-4-2/h8-15,18-20H,4-7,16-17H2,1-3H3;7-14,17-19H,3-6,15-16H2,1-2H3;13-20H,3-12,21-22H2,1-2H3;13-20H,3-12,21-22H2,1-2H3. The summed E-state index contributed by atoms with van der Waals surface area (Å²) < 4.78 is 96.9. The van der Waals surface area contributed by atoms with Gasteiger partial charge in [0, 0.05) is 0 Å². The number of esters is 4. The van der Waals surface area contributed by atoms with Gasteiger partial charge in [0.05, 0.1) is 136 Å². The van der Waals surface area contributed by atoms with Crippen LogP contribution in [0.25, 0.3) is 11.1 Å². The molecule has 0 fully saturated rings. The lowest BCUT2D eigenvalue weighted by Gasteiger charge is -2.10. The van der Waals surface area contributed by atoms with Gasteiger partial charge in [-0.2, -0.15) is 15.5 Å². The van der Waals surface area contributed by atoms with E-state index in [1.807, 2.05) is 153 Å². The minimum atomic E-state index is -3.55. The molecule has 0 N–H and O–H groups in total. The molecular formula is C110H137N3O19S. The molecule has 0 heterocycles. The molecule has 10 aromatic carbocycles. The van der Waals surface area contributed by atoms with E-state index in [1.165, 1.54) is 149 Å². The summed E-state index contributed by atoms with van der Waals surface area (Å²) >= 11 is 0. The average molecular weight is 1840 g/mol.